The molecule has 1 saturated heterocycles. The van der Waals surface area contributed by atoms with Gasteiger partial charge in [-0.15, -0.1) is 5.10 Å². The second-order valence-electron chi connectivity index (χ2n) is 10.3. The average molecular weight is 602 g/mol. The van der Waals surface area contributed by atoms with Crippen LogP contribution in [-0.4, -0.2) is 44.5 Å². The fourth-order valence-corrected chi connectivity index (χ4v) is 5.72. The first-order valence-electron chi connectivity index (χ1n) is 13.6. The minimum atomic E-state index is -0.531. The van der Waals surface area contributed by atoms with Gasteiger partial charge in [0.2, 0.25) is 0 Å². The molecule has 2 aromatic heterocycles. The highest BCUT2D eigenvalue weighted by molar-refractivity contribution is 6.36. The summed E-state index contributed by atoms with van der Waals surface area (Å²) in [6, 6.07) is 19.8. The topological polar surface area (TPSA) is 94.7 Å². The first-order valence-corrected chi connectivity index (χ1v) is 14.4. The number of nitrogens with zero attached hydrogens (tertiary/aromatic N) is 6. The molecule has 42 heavy (non-hydrogen) atoms. The molecule has 0 aliphatic carbocycles. The van der Waals surface area contributed by atoms with E-state index in [1.807, 2.05) is 47.3 Å². The maximum absolute atomic E-state index is 13.8. The molecule has 1 fully saturated rings. The minimum Gasteiger partial charge on any atom is -0.373 e. The third kappa shape index (κ3) is 5.74. The zero-order valence-corrected chi connectivity index (χ0v) is 24.2. The summed E-state index contributed by atoms with van der Waals surface area (Å²) >= 11 is 12.8. The summed E-state index contributed by atoms with van der Waals surface area (Å²) in [4.78, 5) is 6.84. The molecule has 1 unspecified atom stereocenters. The van der Waals surface area contributed by atoms with Crippen molar-refractivity contribution in [3.8, 4) is 6.07 Å². The van der Waals surface area contributed by atoms with Gasteiger partial charge in [-0.2, -0.15) is 5.26 Å². The van der Waals surface area contributed by atoms with Crippen LogP contribution in [0.3, 0.4) is 0 Å². The van der Waals surface area contributed by atoms with Gasteiger partial charge in [0.15, 0.2) is 0 Å². The van der Waals surface area contributed by atoms with E-state index < -0.39 is 5.82 Å². The Bertz CT molecular complexity index is 1780. The molecule has 0 amide bonds. The van der Waals surface area contributed by atoms with Crippen molar-refractivity contribution in [1.29, 1.82) is 5.26 Å². The molecule has 212 valence electrons. The largest absolute Gasteiger partial charge is 0.373 e. The van der Waals surface area contributed by atoms with Crippen molar-refractivity contribution in [3.63, 3.8) is 0 Å². The number of nitrogens with one attached hydrogen (secondary N) is 2. The Hall–Kier alpha value is -4.23. The van der Waals surface area contributed by atoms with Crippen LogP contribution in [0.4, 0.5) is 21.5 Å². The summed E-state index contributed by atoms with van der Waals surface area (Å²) in [6.45, 7) is 6.20. The molecule has 2 N–H and O–H groups in total. The molecule has 11 heteroatoms. The summed E-state index contributed by atoms with van der Waals surface area (Å²) in [7, 11) is 0. The number of anilines is 3. The normalized spacial score (nSPS) is 14.4. The number of hydrogen-bond acceptors (Lipinski definition) is 7. The average Bonchev–Trinajstić information content (AvgIpc) is 3.44. The van der Waals surface area contributed by atoms with Crippen LogP contribution in [0.1, 0.15) is 29.8 Å². The zero-order valence-electron chi connectivity index (χ0n) is 22.7. The lowest BCUT2D eigenvalue weighted by Gasteiger charge is -2.38. The number of rotatable bonds is 9. The lowest BCUT2D eigenvalue weighted by atomic mass is 10.0. The van der Waals surface area contributed by atoms with E-state index in [9.17, 15) is 9.65 Å². The first-order chi connectivity index (χ1) is 20.4. The summed E-state index contributed by atoms with van der Waals surface area (Å²) in [5, 5.41) is 26.6. The third-order valence-electron chi connectivity index (χ3n) is 7.46. The van der Waals surface area contributed by atoms with Gasteiger partial charge in [-0.05, 0) is 42.4 Å². The number of benzene rings is 3. The van der Waals surface area contributed by atoms with Crippen LogP contribution in [0.25, 0.3) is 10.9 Å². The number of nitriles is 1. The molecule has 6 rings (SSSR count). The van der Waals surface area contributed by atoms with Gasteiger partial charge in [0.1, 0.15) is 17.6 Å². The molecule has 1 atom stereocenters. The van der Waals surface area contributed by atoms with Crippen molar-refractivity contribution in [2.45, 2.75) is 19.5 Å². The van der Waals surface area contributed by atoms with E-state index in [1.54, 1.807) is 12.1 Å². The minimum absolute atomic E-state index is 0.0315. The van der Waals surface area contributed by atoms with Crippen molar-refractivity contribution < 1.29 is 4.39 Å². The number of fused-ring (bicyclic) bond motifs is 1. The molecule has 0 spiro atoms. The van der Waals surface area contributed by atoms with Crippen LogP contribution in [0.2, 0.25) is 10.0 Å². The van der Waals surface area contributed by atoms with E-state index in [0.717, 1.165) is 37.4 Å². The highest BCUT2D eigenvalue weighted by Gasteiger charge is 2.26. The van der Waals surface area contributed by atoms with Crippen LogP contribution in [-0.2, 0) is 6.54 Å². The van der Waals surface area contributed by atoms with Gasteiger partial charge >= 0.3 is 0 Å². The van der Waals surface area contributed by atoms with Gasteiger partial charge in [0.05, 0.1) is 39.1 Å². The lowest BCUT2D eigenvalue weighted by Crippen LogP contribution is -2.48. The summed E-state index contributed by atoms with van der Waals surface area (Å²) in [5.41, 5.74) is 4.30. The van der Waals surface area contributed by atoms with Crippen LogP contribution >= 0.6 is 23.2 Å². The van der Waals surface area contributed by atoms with Crippen LogP contribution in [0.15, 0.2) is 73.1 Å². The summed E-state index contributed by atoms with van der Waals surface area (Å²) < 4.78 is 15.7. The van der Waals surface area contributed by atoms with E-state index in [4.69, 9.17) is 23.2 Å². The molecule has 0 bridgehead atoms. The molecule has 0 radical (unpaired) electrons. The van der Waals surface area contributed by atoms with Crippen molar-refractivity contribution >= 4 is 51.2 Å². The second kappa shape index (κ2) is 11.9. The Labute approximate surface area is 252 Å². The fourth-order valence-electron chi connectivity index (χ4n) is 5.27. The maximum atomic E-state index is 13.8. The fraction of sp³-hybridized carbons (Fsp3) is 0.226. The maximum Gasteiger partial charge on any atom is 0.141 e. The molecular formula is C31H27Cl2FN8. The van der Waals surface area contributed by atoms with E-state index >= 15 is 0 Å². The van der Waals surface area contributed by atoms with E-state index in [0.29, 0.717) is 44.5 Å². The van der Waals surface area contributed by atoms with Gasteiger partial charge in [-0.1, -0.05) is 65.7 Å². The smallest absolute Gasteiger partial charge is 0.141 e. The Morgan fingerprint density at radius 1 is 1.07 bits per heavy atom. The van der Waals surface area contributed by atoms with Crippen molar-refractivity contribution in [3.05, 3.63) is 106 Å². The Balaban J connectivity index is 1.36. The number of aromatic nitrogens is 4. The van der Waals surface area contributed by atoms with E-state index in [2.05, 4.69) is 43.8 Å². The van der Waals surface area contributed by atoms with Gasteiger partial charge in [-0.3, -0.25) is 9.67 Å². The highest BCUT2D eigenvalue weighted by Crippen LogP contribution is 2.37. The highest BCUT2D eigenvalue weighted by atomic mass is 35.5. The van der Waals surface area contributed by atoms with Crippen molar-refractivity contribution in [1.82, 2.24) is 24.9 Å². The second-order valence-corrected chi connectivity index (χ2v) is 11.2. The Morgan fingerprint density at radius 3 is 2.60 bits per heavy atom. The first kappa shape index (κ1) is 27.9. The lowest BCUT2D eigenvalue weighted by molar-refractivity contribution is 0.0912. The molecule has 3 heterocycles. The number of likely N-dealkylation sites (tertiary alicyclic amines) is 1. The van der Waals surface area contributed by atoms with Crippen LogP contribution < -0.4 is 10.6 Å². The molecule has 8 nitrogen and oxygen atoms in total. The monoisotopic (exact) mass is 600 g/mol. The SMILES string of the molecule is CCN1CC(Cn2cc(C(Nc3cc(Cl)c4ncc(C#N)c(Nc5ccc(F)c(Cl)c5)c4c3)c3ccccc3)nn2)C1. The summed E-state index contributed by atoms with van der Waals surface area (Å²) in [6.07, 6.45) is 3.45. The molecular weight excluding hydrogens is 574 g/mol. The van der Waals surface area contributed by atoms with Gasteiger partial charge < -0.3 is 15.5 Å². The standard InChI is InChI=1S/C31H27Cl2FN8/c1-2-41-15-19(16-41)17-42-18-28(39-40-42)30(20-6-4-3-5-7-20)38-23-10-24-29(37-22-8-9-27(34)25(32)11-22)21(13-35)14-36-31(24)26(33)12-23/h3-12,14,18-19,30,38H,2,15-17H2,1H3,(H,36,37). The van der Waals surface area contributed by atoms with Gasteiger partial charge in [-0.25, -0.2) is 4.39 Å². The van der Waals surface area contributed by atoms with E-state index in [1.165, 1.54) is 18.3 Å². The Morgan fingerprint density at radius 2 is 1.86 bits per heavy atom. The molecule has 5 aromatic rings. The third-order valence-corrected chi connectivity index (χ3v) is 8.03. The summed E-state index contributed by atoms with van der Waals surface area (Å²) in [5.74, 6) is 0.0296. The molecule has 1 aliphatic rings. The molecule has 3 aromatic carbocycles. The van der Waals surface area contributed by atoms with Crippen molar-refractivity contribution in [2.24, 2.45) is 5.92 Å². The van der Waals surface area contributed by atoms with Gasteiger partial charge in [0.25, 0.3) is 0 Å². The van der Waals surface area contributed by atoms with Crippen LogP contribution in [0.5, 0.6) is 0 Å². The van der Waals surface area contributed by atoms with E-state index in [-0.39, 0.29) is 11.1 Å². The van der Waals surface area contributed by atoms with Crippen LogP contribution in [0, 0.1) is 23.1 Å². The van der Waals surface area contributed by atoms with Gasteiger partial charge in [0, 0.05) is 48.5 Å². The van der Waals surface area contributed by atoms with Crippen molar-refractivity contribution in [2.75, 3.05) is 30.3 Å². The number of pyridine rings is 1. The number of hydrogen-bond donors (Lipinski definition) is 2. The predicted octanol–water partition coefficient (Wildman–Crippen LogP) is 7.04. The quantitative estimate of drug-likeness (QED) is 0.187. The zero-order chi connectivity index (χ0) is 29.2. The molecule has 1 aliphatic heterocycles. The predicted molar refractivity (Wildman–Crippen MR) is 164 cm³/mol. The molecule has 0 saturated carbocycles. The number of halogens is 3. The Kier molecular flexibility index (Phi) is 7.94.